The Hall–Kier alpha value is -2.06. The maximum absolute atomic E-state index is 12.1. The van der Waals surface area contributed by atoms with Crippen LogP contribution in [0.1, 0.15) is 24.8 Å². The van der Waals surface area contributed by atoms with Gasteiger partial charge in [0.05, 0.1) is 19.8 Å². The van der Waals surface area contributed by atoms with Crippen molar-refractivity contribution in [1.82, 2.24) is 10.6 Å². The van der Waals surface area contributed by atoms with E-state index in [9.17, 15) is 9.59 Å². The molecule has 0 bridgehead atoms. The molecule has 0 unspecified atom stereocenters. The number of hydrogen-bond donors (Lipinski definition) is 2. The normalized spacial score (nSPS) is 23.4. The number of aliphatic imine (C=N–C) groups is 1. The first-order valence-electron chi connectivity index (χ1n) is 9.17. The highest BCUT2D eigenvalue weighted by molar-refractivity contribution is 8.15. The number of benzene rings is 1. The van der Waals surface area contributed by atoms with E-state index in [-0.39, 0.29) is 24.3 Å². The lowest BCUT2D eigenvalue weighted by molar-refractivity contribution is -0.125. The van der Waals surface area contributed by atoms with Crippen molar-refractivity contribution < 1.29 is 19.1 Å². The molecule has 2 aliphatic rings. The highest BCUT2D eigenvalue weighted by atomic mass is 32.2. The van der Waals surface area contributed by atoms with Crippen molar-refractivity contribution in [3.63, 3.8) is 0 Å². The van der Waals surface area contributed by atoms with Crippen molar-refractivity contribution in [2.24, 2.45) is 4.99 Å². The Labute approximate surface area is 163 Å². The number of amides is 2. The van der Waals surface area contributed by atoms with Gasteiger partial charge in [-0.2, -0.15) is 0 Å². The maximum atomic E-state index is 12.1. The molecule has 8 heteroatoms. The Balaban J connectivity index is 1.38. The van der Waals surface area contributed by atoms with Crippen LogP contribution in [0.15, 0.2) is 29.3 Å². The van der Waals surface area contributed by atoms with Crippen LogP contribution in [0.25, 0.3) is 0 Å². The smallest absolute Gasteiger partial charge is 0.240 e. The lowest BCUT2D eigenvalue weighted by Crippen LogP contribution is -2.32. The second-order valence-electron chi connectivity index (χ2n) is 6.53. The average molecular weight is 391 g/mol. The summed E-state index contributed by atoms with van der Waals surface area (Å²) in [6.07, 6.45) is 3.10. The van der Waals surface area contributed by atoms with Gasteiger partial charge >= 0.3 is 0 Å². The monoisotopic (exact) mass is 391 g/mol. The van der Waals surface area contributed by atoms with Crippen molar-refractivity contribution in [3.8, 4) is 5.75 Å². The molecule has 0 aromatic heterocycles. The predicted molar refractivity (Wildman–Crippen MR) is 105 cm³/mol. The maximum Gasteiger partial charge on any atom is 0.240 e. The Morgan fingerprint density at radius 3 is 2.93 bits per heavy atom. The van der Waals surface area contributed by atoms with E-state index in [4.69, 9.17) is 9.47 Å². The van der Waals surface area contributed by atoms with Crippen LogP contribution < -0.4 is 15.4 Å². The minimum absolute atomic E-state index is 0.128. The van der Waals surface area contributed by atoms with Crippen LogP contribution in [0.4, 0.5) is 0 Å². The number of nitrogens with zero attached hydrogens (tertiary/aromatic N) is 1. The highest BCUT2D eigenvalue weighted by Gasteiger charge is 2.32. The van der Waals surface area contributed by atoms with Crippen LogP contribution in [0.5, 0.6) is 5.75 Å². The third-order valence-corrected chi connectivity index (χ3v) is 5.62. The van der Waals surface area contributed by atoms with Crippen LogP contribution in [-0.4, -0.2) is 55.1 Å². The van der Waals surface area contributed by atoms with E-state index < -0.39 is 5.25 Å². The molecule has 0 aliphatic carbocycles. The minimum atomic E-state index is -0.422. The van der Waals surface area contributed by atoms with Gasteiger partial charge in [0.1, 0.15) is 11.0 Å². The van der Waals surface area contributed by atoms with Crippen LogP contribution in [-0.2, 0) is 20.7 Å². The Morgan fingerprint density at radius 2 is 2.22 bits per heavy atom. The summed E-state index contributed by atoms with van der Waals surface area (Å²) in [4.78, 5) is 28.6. The number of nitrogens with one attached hydrogen (secondary N) is 2. The molecule has 7 nitrogen and oxygen atoms in total. The number of carbonyl (C=O) groups excluding carboxylic acids is 2. The molecular weight excluding hydrogens is 366 g/mol. The van der Waals surface area contributed by atoms with Crippen molar-refractivity contribution >= 4 is 28.7 Å². The third-order valence-electron chi connectivity index (χ3n) is 4.50. The zero-order valence-electron chi connectivity index (χ0n) is 15.4. The average Bonchev–Trinajstić information content (AvgIpc) is 3.31. The van der Waals surface area contributed by atoms with Gasteiger partial charge in [-0.15, -0.1) is 0 Å². The van der Waals surface area contributed by atoms with Gasteiger partial charge < -0.3 is 20.1 Å². The molecule has 2 atom stereocenters. The predicted octanol–water partition coefficient (Wildman–Crippen LogP) is 1.51. The van der Waals surface area contributed by atoms with Gasteiger partial charge in [0, 0.05) is 19.6 Å². The summed E-state index contributed by atoms with van der Waals surface area (Å²) in [5, 5.41) is 5.80. The largest absolute Gasteiger partial charge is 0.497 e. The number of rotatable bonds is 8. The molecule has 2 heterocycles. The van der Waals surface area contributed by atoms with E-state index in [0.717, 1.165) is 37.2 Å². The molecule has 0 radical (unpaired) electrons. The van der Waals surface area contributed by atoms with Crippen molar-refractivity contribution in [3.05, 3.63) is 29.8 Å². The lowest BCUT2D eigenvalue weighted by Gasteiger charge is -2.08. The lowest BCUT2D eigenvalue weighted by atomic mass is 10.1. The summed E-state index contributed by atoms with van der Waals surface area (Å²) in [5.74, 6) is 0.525. The van der Waals surface area contributed by atoms with Gasteiger partial charge in [-0.25, -0.2) is 0 Å². The molecule has 0 saturated carbocycles. The molecule has 146 valence electrons. The quantitative estimate of drug-likeness (QED) is 0.701. The first kappa shape index (κ1) is 19.7. The molecule has 2 saturated heterocycles. The molecule has 1 aromatic carbocycles. The number of methoxy groups -OCH3 is 1. The molecular formula is C19H25N3O4S. The summed E-state index contributed by atoms with van der Waals surface area (Å²) < 4.78 is 10.6. The van der Waals surface area contributed by atoms with E-state index in [2.05, 4.69) is 15.6 Å². The van der Waals surface area contributed by atoms with Gasteiger partial charge in [-0.3, -0.25) is 14.6 Å². The number of amidine groups is 1. The molecule has 2 amide bonds. The number of ether oxygens (including phenoxy) is 2. The standard InChI is InChI=1S/C19H25N3O4S/c1-25-14-6-4-13(5-7-14)8-9-20-17(23)11-16-18(24)22-19(27-16)21-12-15-3-2-10-26-15/h4-7,15-16H,2-3,8-12H2,1H3,(H,20,23)(H,21,22,24)/t15-,16+/m1/s1. The fourth-order valence-electron chi connectivity index (χ4n) is 2.97. The molecule has 3 rings (SSSR count). The van der Waals surface area contributed by atoms with Gasteiger partial charge in [0.25, 0.3) is 0 Å². The summed E-state index contributed by atoms with van der Waals surface area (Å²) in [6, 6.07) is 7.74. The van der Waals surface area contributed by atoms with E-state index in [1.165, 1.54) is 11.8 Å². The topological polar surface area (TPSA) is 89.0 Å². The number of carbonyl (C=O) groups is 2. The zero-order chi connectivity index (χ0) is 19.1. The second kappa shape index (κ2) is 9.75. The van der Waals surface area contributed by atoms with Crippen molar-refractivity contribution in [2.75, 3.05) is 26.8 Å². The van der Waals surface area contributed by atoms with Gasteiger partial charge in [-0.1, -0.05) is 23.9 Å². The van der Waals surface area contributed by atoms with E-state index in [0.29, 0.717) is 18.3 Å². The highest BCUT2D eigenvalue weighted by Crippen LogP contribution is 2.23. The van der Waals surface area contributed by atoms with Crippen LogP contribution in [0.3, 0.4) is 0 Å². The first-order valence-corrected chi connectivity index (χ1v) is 10.0. The van der Waals surface area contributed by atoms with Crippen molar-refractivity contribution in [2.45, 2.75) is 37.0 Å². The molecule has 0 spiro atoms. The summed E-state index contributed by atoms with van der Waals surface area (Å²) in [6.45, 7) is 1.88. The second-order valence-corrected chi connectivity index (χ2v) is 7.72. The van der Waals surface area contributed by atoms with Gasteiger partial charge in [-0.05, 0) is 37.0 Å². The Morgan fingerprint density at radius 1 is 1.41 bits per heavy atom. The Kier molecular flexibility index (Phi) is 7.11. The molecule has 2 fully saturated rings. The zero-order valence-corrected chi connectivity index (χ0v) is 16.2. The third kappa shape index (κ3) is 5.97. The molecule has 2 N–H and O–H groups in total. The van der Waals surface area contributed by atoms with Crippen molar-refractivity contribution in [1.29, 1.82) is 0 Å². The van der Waals surface area contributed by atoms with E-state index in [1.54, 1.807) is 7.11 Å². The molecule has 2 aliphatic heterocycles. The summed E-state index contributed by atoms with van der Waals surface area (Å²) >= 11 is 1.32. The summed E-state index contributed by atoms with van der Waals surface area (Å²) in [7, 11) is 1.63. The molecule has 1 aromatic rings. The SMILES string of the molecule is COc1ccc(CCNC(=O)C[C@@H]2SC(=NC[C@H]3CCCO3)NC2=O)cc1. The van der Waals surface area contributed by atoms with Crippen LogP contribution >= 0.6 is 11.8 Å². The van der Waals surface area contributed by atoms with E-state index in [1.807, 2.05) is 24.3 Å². The number of hydrogen-bond acceptors (Lipinski definition) is 6. The minimum Gasteiger partial charge on any atom is -0.497 e. The molecule has 27 heavy (non-hydrogen) atoms. The van der Waals surface area contributed by atoms with Gasteiger partial charge in [0.15, 0.2) is 5.17 Å². The summed E-state index contributed by atoms with van der Waals surface area (Å²) in [5.41, 5.74) is 1.12. The first-order chi connectivity index (χ1) is 13.1. The fourth-order valence-corrected chi connectivity index (χ4v) is 3.95. The van der Waals surface area contributed by atoms with Gasteiger partial charge in [0.2, 0.25) is 11.8 Å². The number of thioether (sulfide) groups is 1. The Bertz CT molecular complexity index is 687. The fraction of sp³-hybridized carbons (Fsp3) is 0.526. The van der Waals surface area contributed by atoms with E-state index >= 15 is 0 Å². The van der Waals surface area contributed by atoms with Crippen LogP contribution in [0.2, 0.25) is 0 Å². The van der Waals surface area contributed by atoms with Crippen LogP contribution in [0, 0.1) is 0 Å².